The zero-order valence-electron chi connectivity index (χ0n) is 51.8. The van der Waals surface area contributed by atoms with Gasteiger partial charge in [0.1, 0.15) is 11.6 Å². The van der Waals surface area contributed by atoms with E-state index in [9.17, 15) is 5.11 Å². The second-order valence-corrected chi connectivity index (χ2v) is 21.8. The Morgan fingerprint density at radius 2 is 1.17 bits per heavy atom. The average molecular weight is 1110 g/mol. The van der Waals surface area contributed by atoms with Gasteiger partial charge in [0.25, 0.3) is 0 Å². The van der Waals surface area contributed by atoms with Crippen LogP contribution in [0.2, 0.25) is 0 Å². The first kappa shape index (κ1) is 38.4. The number of imidazole rings is 1. The first-order chi connectivity index (χ1) is 36.7. The molecule has 0 aliphatic rings. The number of aromatic nitrogens is 3. The van der Waals surface area contributed by atoms with Crippen molar-refractivity contribution in [1.82, 2.24) is 14.5 Å². The van der Waals surface area contributed by atoms with E-state index in [0.29, 0.717) is 61.6 Å². The third kappa shape index (κ3) is 9.86. The van der Waals surface area contributed by atoms with Gasteiger partial charge in [0.15, 0.2) is 0 Å². The van der Waals surface area contributed by atoms with Gasteiger partial charge in [-0.15, -0.1) is 29.3 Å². The van der Waals surface area contributed by atoms with Crippen molar-refractivity contribution in [1.29, 1.82) is 0 Å². The van der Waals surface area contributed by atoms with E-state index in [1.165, 1.54) is 6.20 Å². The molecule has 0 bridgehead atoms. The van der Waals surface area contributed by atoms with Crippen LogP contribution in [0.3, 0.4) is 0 Å². The van der Waals surface area contributed by atoms with Crippen LogP contribution in [0.25, 0.3) is 83.9 Å². The number of nitrogens with zero attached hydrogens (tertiary/aromatic N) is 3. The summed E-state index contributed by atoms with van der Waals surface area (Å²) in [5.74, 6) is 0.550. The number of phenols is 1. The third-order valence-electron chi connectivity index (χ3n) is 12.9. The molecule has 0 aliphatic carbocycles. The van der Waals surface area contributed by atoms with Gasteiger partial charge in [-0.3, -0.25) is 9.55 Å². The fourth-order valence-electron chi connectivity index (χ4n) is 9.02. The minimum absolute atomic E-state index is 0. The van der Waals surface area contributed by atoms with Crippen molar-refractivity contribution in [3.8, 4) is 78.6 Å². The number of hydrogen-bond acceptors (Lipinski definition) is 3. The van der Waals surface area contributed by atoms with Crippen LogP contribution in [-0.4, -0.2) is 19.6 Å². The summed E-state index contributed by atoms with van der Waals surface area (Å²) in [5, 5.41) is 12.8. The predicted octanol–water partition coefficient (Wildman–Crippen LogP) is 17.4. The third-order valence-corrected chi connectivity index (χ3v) is 12.9. The van der Waals surface area contributed by atoms with Crippen LogP contribution in [0, 0.1) is 12.9 Å². The van der Waals surface area contributed by atoms with Gasteiger partial charge in [0.05, 0.1) is 27.8 Å². The van der Waals surface area contributed by atoms with E-state index in [2.05, 4.69) is 91.1 Å². The molecule has 7 aromatic carbocycles. The zero-order valence-corrected chi connectivity index (χ0v) is 44.1. The molecule has 2 heterocycles. The molecule has 0 saturated carbocycles. The number of phenolic OH excluding ortho intramolecular Hbond substituents is 1. The molecule has 0 spiro atoms. The Morgan fingerprint density at radius 3 is 1.79 bits per heavy atom. The molecule has 0 unspecified atom stereocenters. The molecule has 9 aromatic rings. The quantitative estimate of drug-likeness (QED) is 0.162. The van der Waals surface area contributed by atoms with Gasteiger partial charge >= 0.3 is 0 Å². The largest absolute Gasteiger partial charge is 0.507 e. The molecular formula is C65H66N3OPt-. The van der Waals surface area contributed by atoms with Gasteiger partial charge in [0.2, 0.25) is 0 Å². The van der Waals surface area contributed by atoms with Gasteiger partial charge in [-0.1, -0.05) is 209 Å². The van der Waals surface area contributed by atoms with Crippen LogP contribution in [0.5, 0.6) is 5.75 Å². The molecule has 9 rings (SSSR count). The summed E-state index contributed by atoms with van der Waals surface area (Å²) in [6.07, 6.45) is 1.53. The van der Waals surface area contributed by atoms with Crippen LogP contribution in [-0.2, 0) is 42.7 Å². The Balaban J connectivity index is 0.00000841. The van der Waals surface area contributed by atoms with Gasteiger partial charge in [-0.25, -0.2) is 4.98 Å². The van der Waals surface area contributed by atoms with E-state index >= 15 is 0 Å². The summed E-state index contributed by atoms with van der Waals surface area (Å²) in [6.45, 7) is 17.3. The number of hydrogen-bond donors (Lipinski definition) is 1. The molecule has 0 saturated heterocycles. The second kappa shape index (κ2) is 18.8. The number of benzene rings is 7. The summed E-state index contributed by atoms with van der Waals surface area (Å²) < 4.78 is 87.8. The first-order valence-corrected chi connectivity index (χ1v) is 23.6. The van der Waals surface area contributed by atoms with Gasteiger partial charge in [-0.2, -0.15) is 0 Å². The molecule has 2 aromatic heterocycles. The summed E-state index contributed by atoms with van der Waals surface area (Å²) in [7, 11) is 0. The Labute approximate surface area is 445 Å². The molecule has 1 N–H and O–H groups in total. The summed E-state index contributed by atoms with van der Waals surface area (Å²) >= 11 is 0. The molecule has 70 heavy (non-hydrogen) atoms. The number of aromatic hydroxyl groups is 1. The molecule has 5 heteroatoms. The van der Waals surface area contributed by atoms with Gasteiger partial charge in [0, 0.05) is 52.3 Å². The van der Waals surface area contributed by atoms with E-state index in [4.69, 9.17) is 23.7 Å². The van der Waals surface area contributed by atoms with Crippen LogP contribution < -0.4 is 0 Å². The number of rotatable bonds is 7. The number of fused-ring (bicyclic) bond motifs is 1. The number of para-hydroxylation sites is 1. The van der Waals surface area contributed by atoms with Crippen LogP contribution in [0.1, 0.15) is 125 Å². The van der Waals surface area contributed by atoms with Crippen molar-refractivity contribution < 1.29 is 39.9 Å². The summed E-state index contributed by atoms with van der Waals surface area (Å²) in [4.78, 5) is 10.4. The Morgan fingerprint density at radius 1 is 0.543 bits per heavy atom. The molecule has 0 amide bonds. The summed E-state index contributed by atoms with van der Waals surface area (Å²) in [6, 6.07) is 42.8. The Kier molecular flexibility index (Phi) is 10.3. The van der Waals surface area contributed by atoms with Crippen molar-refractivity contribution in [2.75, 3.05) is 0 Å². The van der Waals surface area contributed by atoms with E-state index < -0.39 is 59.7 Å². The zero-order chi connectivity index (χ0) is 57.7. The number of pyridine rings is 1. The van der Waals surface area contributed by atoms with Crippen LogP contribution in [0.4, 0.5) is 0 Å². The molecule has 4 nitrogen and oxygen atoms in total. The van der Waals surface area contributed by atoms with Crippen molar-refractivity contribution in [2.24, 2.45) is 0 Å². The molecular weight excluding hydrogens is 1030 g/mol. The Hall–Kier alpha value is -6.35. The Bertz CT molecular complexity index is 3810. The normalized spacial score (nSPS) is 14.7. The maximum atomic E-state index is 12.8. The molecule has 0 fully saturated rings. The predicted molar refractivity (Wildman–Crippen MR) is 292 cm³/mol. The molecule has 0 aliphatic heterocycles. The van der Waals surface area contributed by atoms with E-state index in [1.807, 2.05) is 97.1 Å². The average Bonchev–Trinajstić information content (AvgIpc) is 3.97. The fourth-order valence-corrected chi connectivity index (χ4v) is 9.02. The van der Waals surface area contributed by atoms with Crippen molar-refractivity contribution >= 4 is 11.0 Å². The topological polar surface area (TPSA) is 50.9 Å². The van der Waals surface area contributed by atoms with Crippen molar-refractivity contribution in [2.45, 2.75) is 112 Å². The van der Waals surface area contributed by atoms with E-state index in [0.717, 1.165) is 38.9 Å². The monoisotopic (exact) mass is 1110 g/mol. The van der Waals surface area contributed by atoms with Crippen LogP contribution >= 0.6 is 0 Å². The van der Waals surface area contributed by atoms with E-state index in [1.54, 1.807) is 26.0 Å². The SMILES string of the molecule is [2H]c1c([2H])c(C([2H])([2H])[2H])c([2H])c([2H])c1-c1ccnc(-c2[c-]c(-c3cccc4c3nc(-c3cc(C(C)(C)C)cc(C(C)(C)C)c3O)n4-c3cc(-c4ccccc4)c(C(C)(C)C([2H])([2H])[2H])cc3-c3ccccc3)cc(C(C)(C)C)c2)c1.[Pt]. The van der Waals surface area contributed by atoms with E-state index in [-0.39, 0.29) is 37.8 Å². The maximum absolute atomic E-state index is 12.8. The van der Waals surface area contributed by atoms with Crippen molar-refractivity contribution in [3.05, 3.63) is 192 Å². The minimum Gasteiger partial charge on any atom is -0.507 e. The van der Waals surface area contributed by atoms with Crippen molar-refractivity contribution in [3.63, 3.8) is 0 Å². The molecule has 0 atom stereocenters. The standard InChI is InChI=1S/C65H66N3O.Pt/c1-41-27-29-42(30-28-41)45-31-32-66-56(36-45)47-33-46(34-48(35-47)62(2,3)4)50-25-20-26-57-59(50)67-61(53-37-49(63(5,6)7)38-55(60(53)69)65(11,12)13)68(57)58-40-51(43-21-16-14-17-22-43)54(64(8,9)10)39-52(58)44-23-18-15-19-24-44;/h14-32,34-40,69H,1-13H3;/q-1;/i1D3,8D3,27D,28D,29D,30D;. The smallest absolute Gasteiger partial charge is 0.148 e. The van der Waals surface area contributed by atoms with Gasteiger partial charge in [-0.05, 0) is 97.8 Å². The van der Waals surface area contributed by atoms with Gasteiger partial charge < -0.3 is 5.11 Å². The second-order valence-electron chi connectivity index (χ2n) is 21.8. The molecule has 358 valence electrons. The molecule has 0 radical (unpaired) electrons. The minimum atomic E-state index is -2.86. The maximum Gasteiger partial charge on any atom is 0.148 e. The fraction of sp³-hybridized carbons (Fsp3) is 0.262. The van der Waals surface area contributed by atoms with Crippen LogP contribution in [0.15, 0.2) is 158 Å². The summed E-state index contributed by atoms with van der Waals surface area (Å²) in [5.41, 5.74) is 8.51. The first-order valence-electron chi connectivity index (χ1n) is 28.6.